The van der Waals surface area contributed by atoms with Crippen LogP contribution < -0.4 is 5.32 Å². The third-order valence-electron chi connectivity index (χ3n) is 5.25. The molecule has 0 radical (unpaired) electrons. The van der Waals surface area contributed by atoms with Gasteiger partial charge in [0.25, 0.3) is 0 Å². The molecule has 1 unspecified atom stereocenters. The van der Waals surface area contributed by atoms with Crippen LogP contribution in [0.2, 0.25) is 0 Å². The zero-order valence-corrected chi connectivity index (χ0v) is 16.0. The number of furan rings is 1. The molecule has 1 saturated heterocycles. The summed E-state index contributed by atoms with van der Waals surface area (Å²) in [7, 11) is -0.822. The molecule has 140 valence electrons. The molecular weight excluding hydrogens is 338 g/mol. The highest BCUT2D eigenvalue weighted by molar-refractivity contribution is 7.91. The van der Waals surface area contributed by atoms with Gasteiger partial charge in [0, 0.05) is 31.7 Å². The molecule has 0 spiro atoms. The number of hydrogen-bond donors (Lipinski definition) is 1. The van der Waals surface area contributed by atoms with Crippen molar-refractivity contribution < 1.29 is 12.8 Å². The van der Waals surface area contributed by atoms with E-state index in [2.05, 4.69) is 10.2 Å². The SMILES string of the molecule is Cc1occc1CN(C)C(=NCC1CCS(=O)(=O)C1)NC1CCCC1. The van der Waals surface area contributed by atoms with Crippen molar-refractivity contribution in [2.75, 3.05) is 25.1 Å². The highest BCUT2D eigenvalue weighted by Gasteiger charge is 2.28. The summed E-state index contributed by atoms with van der Waals surface area (Å²) in [5, 5.41) is 3.59. The molecule has 1 N–H and O–H groups in total. The summed E-state index contributed by atoms with van der Waals surface area (Å²) >= 11 is 0. The van der Waals surface area contributed by atoms with E-state index in [9.17, 15) is 8.42 Å². The Bertz CT molecular complexity index is 705. The lowest BCUT2D eigenvalue weighted by atomic mass is 10.1. The quantitative estimate of drug-likeness (QED) is 0.639. The van der Waals surface area contributed by atoms with Crippen LogP contribution in [0.15, 0.2) is 21.7 Å². The average Bonchev–Trinajstić information content (AvgIpc) is 3.27. The molecular formula is C18H29N3O3S. The van der Waals surface area contributed by atoms with Gasteiger partial charge in [-0.25, -0.2) is 8.42 Å². The van der Waals surface area contributed by atoms with Gasteiger partial charge in [0.2, 0.25) is 0 Å². The Morgan fingerprint density at radius 2 is 2.12 bits per heavy atom. The van der Waals surface area contributed by atoms with Gasteiger partial charge in [0.15, 0.2) is 15.8 Å². The van der Waals surface area contributed by atoms with Crippen LogP contribution in [-0.2, 0) is 16.4 Å². The van der Waals surface area contributed by atoms with Gasteiger partial charge >= 0.3 is 0 Å². The van der Waals surface area contributed by atoms with Gasteiger partial charge in [-0.05, 0) is 38.2 Å². The lowest BCUT2D eigenvalue weighted by Gasteiger charge is -2.25. The minimum atomic E-state index is -2.85. The normalized spacial score (nSPS) is 23.9. The van der Waals surface area contributed by atoms with Gasteiger partial charge < -0.3 is 14.6 Å². The highest BCUT2D eigenvalue weighted by atomic mass is 32.2. The molecule has 2 fully saturated rings. The lowest BCUT2D eigenvalue weighted by molar-refractivity contribution is 0.445. The molecule has 7 heteroatoms. The summed E-state index contributed by atoms with van der Waals surface area (Å²) in [6.45, 7) is 3.26. The molecule has 25 heavy (non-hydrogen) atoms. The smallest absolute Gasteiger partial charge is 0.194 e. The second-order valence-electron chi connectivity index (χ2n) is 7.42. The van der Waals surface area contributed by atoms with E-state index in [4.69, 9.17) is 9.41 Å². The highest BCUT2D eigenvalue weighted by Crippen LogP contribution is 2.20. The zero-order valence-electron chi connectivity index (χ0n) is 15.2. The van der Waals surface area contributed by atoms with Gasteiger partial charge in [-0.1, -0.05) is 12.8 Å². The van der Waals surface area contributed by atoms with Crippen molar-refractivity contribution in [3.05, 3.63) is 23.7 Å². The molecule has 1 atom stereocenters. The van der Waals surface area contributed by atoms with Crippen LogP contribution in [0.4, 0.5) is 0 Å². The molecule has 3 rings (SSSR count). The third kappa shape index (κ3) is 5.00. The Labute approximate surface area is 150 Å². The Morgan fingerprint density at radius 1 is 1.36 bits per heavy atom. The summed E-state index contributed by atoms with van der Waals surface area (Å²) in [5.74, 6) is 2.53. The van der Waals surface area contributed by atoms with Crippen molar-refractivity contribution in [2.24, 2.45) is 10.9 Å². The molecule has 0 bridgehead atoms. The maximum atomic E-state index is 11.7. The molecule has 1 aromatic rings. The molecule has 0 amide bonds. The zero-order chi connectivity index (χ0) is 17.9. The van der Waals surface area contributed by atoms with Gasteiger partial charge in [0.05, 0.1) is 17.8 Å². The van der Waals surface area contributed by atoms with E-state index in [0.717, 1.165) is 30.2 Å². The fraction of sp³-hybridized carbons (Fsp3) is 0.722. The Kier molecular flexibility index (Phi) is 5.71. The van der Waals surface area contributed by atoms with E-state index >= 15 is 0 Å². The molecule has 1 aliphatic heterocycles. The monoisotopic (exact) mass is 367 g/mol. The first-order chi connectivity index (χ1) is 11.9. The number of sulfone groups is 1. The lowest BCUT2D eigenvalue weighted by Crippen LogP contribution is -2.43. The van der Waals surface area contributed by atoms with E-state index in [1.165, 1.54) is 25.7 Å². The predicted molar refractivity (Wildman–Crippen MR) is 99.4 cm³/mol. The van der Waals surface area contributed by atoms with E-state index < -0.39 is 9.84 Å². The van der Waals surface area contributed by atoms with Crippen LogP contribution in [0.1, 0.15) is 43.4 Å². The van der Waals surface area contributed by atoms with Crippen LogP contribution in [0, 0.1) is 12.8 Å². The predicted octanol–water partition coefficient (Wildman–Crippen LogP) is 2.34. The van der Waals surface area contributed by atoms with Gasteiger partial charge in [0.1, 0.15) is 5.76 Å². The topological polar surface area (TPSA) is 74.9 Å². The maximum absolute atomic E-state index is 11.7. The number of guanidine groups is 1. The fourth-order valence-electron chi connectivity index (χ4n) is 3.67. The molecule has 0 aromatic carbocycles. The number of aliphatic imine (C=N–C) groups is 1. The van der Waals surface area contributed by atoms with Crippen molar-refractivity contribution in [1.82, 2.24) is 10.2 Å². The van der Waals surface area contributed by atoms with Crippen molar-refractivity contribution in [3.63, 3.8) is 0 Å². The van der Waals surface area contributed by atoms with E-state index in [1.54, 1.807) is 6.26 Å². The van der Waals surface area contributed by atoms with E-state index in [-0.39, 0.29) is 11.7 Å². The summed E-state index contributed by atoms with van der Waals surface area (Å²) < 4.78 is 28.7. The first kappa shape index (κ1) is 18.3. The Hall–Kier alpha value is -1.50. The van der Waals surface area contributed by atoms with Crippen molar-refractivity contribution >= 4 is 15.8 Å². The van der Waals surface area contributed by atoms with Gasteiger partial charge in [-0.15, -0.1) is 0 Å². The van der Waals surface area contributed by atoms with Crippen molar-refractivity contribution in [3.8, 4) is 0 Å². The molecule has 1 saturated carbocycles. The summed E-state index contributed by atoms with van der Waals surface area (Å²) in [4.78, 5) is 6.89. The van der Waals surface area contributed by atoms with E-state index in [0.29, 0.717) is 18.3 Å². The largest absolute Gasteiger partial charge is 0.469 e. The number of rotatable bonds is 5. The fourth-order valence-corrected chi connectivity index (χ4v) is 5.52. The average molecular weight is 368 g/mol. The van der Waals surface area contributed by atoms with Crippen molar-refractivity contribution in [1.29, 1.82) is 0 Å². The molecule has 6 nitrogen and oxygen atoms in total. The van der Waals surface area contributed by atoms with Gasteiger partial charge in [-0.2, -0.15) is 0 Å². The first-order valence-corrected chi connectivity index (χ1v) is 11.0. The summed E-state index contributed by atoms with van der Waals surface area (Å²) in [6.07, 6.45) is 7.31. The summed E-state index contributed by atoms with van der Waals surface area (Å²) in [5.41, 5.74) is 1.15. The second kappa shape index (κ2) is 7.81. The van der Waals surface area contributed by atoms with Crippen LogP contribution in [0.25, 0.3) is 0 Å². The third-order valence-corrected chi connectivity index (χ3v) is 7.09. The standard InChI is InChI=1S/C18H29N3O3S/c1-14-16(7-9-24-14)12-21(2)18(20-17-5-3-4-6-17)19-11-15-8-10-25(22,23)13-15/h7,9,15,17H,3-6,8,10-13H2,1-2H3,(H,19,20). The minimum Gasteiger partial charge on any atom is -0.469 e. The Morgan fingerprint density at radius 3 is 2.72 bits per heavy atom. The molecule has 1 aromatic heterocycles. The van der Waals surface area contributed by atoms with Crippen LogP contribution in [0.3, 0.4) is 0 Å². The molecule has 2 aliphatic rings. The van der Waals surface area contributed by atoms with Crippen molar-refractivity contribution in [2.45, 2.75) is 51.6 Å². The van der Waals surface area contributed by atoms with Crippen LogP contribution in [0.5, 0.6) is 0 Å². The Balaban J connectivity index is 1.67. The minimum absolute atomic E-state index is 0.148. The maximum Gasteiger partial charge on any atom is 0.194 e. The van der Waals surface area contributed by atoms with Gasteiger partial charge in [-0.3, -0.25) is 4.99 Å². The van der Waals surface area contributed by atoms with E-state index in [1.807, 2.05) is 20.0 Å². The number of nitrogens with one attached hydrogen (secondary N) is 1. The van der Waals surface area contributed by atoms with Crippen LogP contribution >= 0.6 is 0 Å². The summed E-state index contributed by atoms with van der Waals surface area (Å²) in [6, 6.07) is 2.46. The van der Waals surface area contributed by atoms with Crippen LogP contribution in [-0.4, -0.2) is 50.4 Å². The number of aryl methyl sites for hydroxylation is 1. The molecule has 1 aliphatic carbocycles. The number of hydrogen-bond acceptors (Lipinski definition) is 4. The second-order valence-corrected chi connectivity index (χ2v) is 9.65. The number of nitrogens with zero attached hydrogens (tertiary/aromatic N) is 2. The molecule has 2 heterocycles. The first-order valence-electron chi connectivity index (χ1n) is 9.18.